The average molecular weight is 469 g/mol. The highest BCUT2D eigenvalue weighted by molar-refractivity contribution is 6.32. The number of hydrazone groups is 1. The first-order valence-corrected chi connectivity index (χ1v) is 11.2. The van der Waals surface area contributed by atoms with Crippen LogP contribution in [0.3, 0.4) is 0 Å². The highest BCUT2D eigenvalue weighted by Crippen LogP contribution is 2.24. The summed E-state index contributed by atoms with van der Waals surface area (Å²) in [5.74, 6) is -0.563. The van der Waals surface area contributed by atoms with Crippen molar-refractivity contribution in [1.82, 2.24) is 14.9 Å². The summed E-state index contributed by atoms with van der Waals surface area (Å²) in [5, 5.41) is 24.1. The zero-order valence-electron chi connectivity index (χ0n) is 17.9. The third-order valence-corrected chi connectivity index (χ3v) is 6.19. The van der Waals surface area contributed by atoms with Gasteiger partial charge in [-0.3, -0.25) is 9.59 Å². The van der Waals surface area contributed by atoms with Crippen molar-refractivity contribution in [3.05, 3.63) is 64.8 Å². The number of aromatic hydroxyl groups is 1. The van der Waals surface area contributed by atoms with Crippen molar-refractivity contribution in [3.63, 3.8) is 0 Å². The number of hydrogen-bond donors (Lipinski definition) is 3. The predicted octanol–water partition coefficient (Wildman–Crippen LogP) is 3.14. The molecule has 0 bridgehead atoms. The number of phenolic OH excluding ortho intramolecular Hbond substituents is 1. The summed E-state index contributed by atoms with van der Waals surface area (Å²) in [4.78, 5) is 26.9. The van der Waals surface area contributed by atoms with E-state index in [2.05, 4.69) is 10.5 Å². The Morgan fingerprint density at radius 2 is 2.06 bits per heavy atom. The number of carbonyl (C=O) groups is 2. The molecule has 9 heteroatoms. The highest BCUT2D eigenvalue weighted by Gasteiger charge is 2.26. The third kappa shape index (κ3) is 5.02. The highest BCUT2D eigenvalue weighted by atomic mass is 35.5. The minimum atomic E-state index is -0.455. The van der Waals surface area contributed by atoms with E-state index in [4.69, 9.17) is 11.6 Å². The van der Waals surface area contributed by atoms with Crippen LogP contribution < -0.4 is 5.43 Å². The number of nitrogens with one attached hydrogen (secondary N) is 1. The minimum Gasteiger partial charge on any atom is -0.506 e. The lowest BCUT2D eigenvalue weighted by Crippen LogP contribution is -2.46. The average Bonchev–Trinajstić information content (AvgIpc) is 3.24. The van der Waals surface area contributed by atoms with Crippen molar-refractivity contribution in [2.75, 3.05) is 13.2 Å². The normalized spacial score (nSPS) is 16.4. The van der Waals surface area contributed by atoms with Crippen LogP contribution in [0.5, 0.6) is 5.75 Å². The molecule has 2 aromatic carbocycles. The van der Waals surface area contributed by atoms with Gasteiger partial charge >= 0.3 is 0 Å². The Morgan fingerprint density at radius 1 is 1.21 bits per heavy atom. The van der Waals surface area contributed by atoms with Gasteiger partial charge in [0.25, 0.3) is 5.91 Å². The van der Waals surface area contributed by atoms with Gasteiger partial charge in [0.15, 0.2) is 0 Å². The predicted molar refractivity (Wildman–Crippen MR) is 127 cm³/mol. The van der Waals surface area contributed by atoms with E-state index in [0.29, 0.717) is 6.54 Å². The SMILES string of the molecule is O=C(NN=Cc1cccc2c1ccn2CC(=O)N1CCCCC1CO)c1ccc(O)c(Cl)c1. The second kappa shape index (κ2) is 10.1. The molecule has 8 nitrogen and oxygen atoms in total. The summed E-state index contributed by atoms with van der Waals surface area (Å²) in [6.45, 7) is 0.854. The summed E-state index contributed by atoms with van der Waals surface area (Å²) in [6.07, 6.45) is 6.21. The van der Waals surface area contributed by atoms with Crippen LogP contribution in [0.2, 0.25) is 5.02 Å². The number of aliphatic hydroxyl groups excluding tert-OH is 1. The molecule has 0 saturated carbocycles. The van der Waals surface area contributed by atoms with Gasteiger partial charge in [0.2, 0.25) is 5.91 Å². The Bertz CT molecular complexity index is 1210. The number of benzene rings is 2. The van der Waals surface area contributed by atoms with E-state index < -0.39 is 5.91 Å². The number of aliphatic hydroxyl groups is 1. The van der Waals surface area contributed by atoms with E-state index in [1.54, 1.807) is 11.1 Å². The van der Waals surface area contributed by atoms with Crippen LogP contribution in [0, 0.1) is 0 Å². The largest absolute Gasteiger partial charge is 0.506 e. The molecule has 0 aliphatic carbocycles. The van der Waals surface area contributed by atoms with E-state index >= 15 is 0 Å². The molecule has 0 spiro atoms. The molecule has 1 aromatic heterocycles. The maximum atomic E-state index is 12.9. The first-order valence-electron chi connectivity index (χ1n) is 10.8. The zero-order valence-corrected chi connectivity index (χ0v) is 18.7. The van der Waals surface area contributed by atoms with E-state index in [9.17, 15) is 19.8 Å². The Balaban J connectivity index is 1.47. The van der Waals surface area contributed by atoms with E-state index in [1.807, 2.05) is 35.0 Å². The molecule has 2 amide bonds. The fourth-order valence-electron chi connectivity index (χ4n) is 4.13. The quantitative estimate of drug-likeness (QED) is 0.381. The summed E-state index contributed by atoms with van der Waals surface area (Å²) in [5.41, 5.74) is 4.39. The van der Waals surface area contributed by atoms with Crippen LogP contribution in [-0.2, 0) is 11.3 Å². The van der Waals surface area contributed by atoms with Crippen molar-refractivity contribution in [2.45, 2.75) is 31.8 Å². The standard InChI is InChI=1S/C24H25ClN4O4/c25-20-12-16(7-8-22(20)31)24(33)27-26-13-17-4-3-6-21-19(17)9-11-28(21)14-23(32)29-10-2-1-5-18(29)15-30/h3-4,6-9,11-13,18,30-31H,1-2,5,10,14-15H2,(H,27,33). The van der Waals surface area contributed by atoms with Crippen LogP contribution in [0.25, 0.3) is 10.9 Å². The second-order valence-electron chi connectivity index (χ2n) is 8.01. The fraction of sp³-hybridized carbons (Fsp3) is 0.292. The lowest BCUT2D eigenvalue weighted by Gasteiger charge is -2.34. The molecule has 0 radical (unpaired) electrons. The third-order valence-electron chi connectivity index (χ3n) is 5.89. The summed E-state index contributed by atoms with van der Waals surface area (Å²) in [6, 6.07) is 11.6. The second-order valence-corrected chi connectivity index (χ2v) is 8.42. The Labute approximate surface area is 196 Å². The number of amides is 2. The van der Waals surface area contributed by atoms with Crippen molar-refractivity contribution >= 4 is 40.5 Å². The van der Waals surface area contributed by atoms with Gasteiger partial charge in [-0.1, -0.05) is 23.7 Å². The van der Waals surface area contributed by atoms with E-state index in [1.165, 1.54) is 18.2 Å². The molecule has 2 heterocycles. The minimum absolute atomic E-state index is 0.00913. The van der Waals surface area contributed by atoms with Gasteiger partial charge in [-0.15, -0.1) is 0 Å². The number of likely N-dealkylation sites (tertiary alicyclic amines) is 1. The topological polar surface area (TPSA) is 107 Å². The molecule has 1 aliphatic rings. The molecule has 4 rings (SSSR count). The number of nitrogens with zero attached hydrogens (tertiary/aromatic N) is 3. The lowest BCUT2D eigenvalue weighted by molar-refractivity contribution is -0.136. The van der Waals surface area contributed by atoms with Crippen LogP contribution >= 0.6 is 11.6 Å². The van der Waals surface area contributed by atoms with Gasteiger partial charge < -0.3 is 19.7 Å². The van der Waals surface area contributed by atoms with Crippen molar-refractivity contribution in [1.29, 1.82) is 0 Å². The molecular weight excluding hydrogens is 444 g/mol. The van der Waals surface area contributed by atoms with Crippen molar-refractivity contribution in [2.24, 2.45) is 5.10 Å². The van der Waals surface area contributed by atoms with Gasteiger partial charge in [0, 0.05) is 34.8 Å². The molecule has 1 fully saturated rings. The number of hydrogen-bond acceptors (Lipinski definition) is 5. The molecule has 172 valence electrons. The molecule has 1 saturated heterocycles. The molecule has 3 aromatic rings. The Hall–Kier alpha value is -3.36. The maximum absolute atomic E-state index is 12.9. The lowest BCUT2D eigenvalue weighted by atomic mass is 10.0. The van der Waals surface area contributed by atoms with Gasteiger partial charge in [-0.05, 0) is 49.6 Å². The zero-order chi connectivity index (χ0) is 23.4. The van der Waals surface area contributed by atoms with Gasteiger partial charge in [-0.25, -0.2) is 5.43 Å². The van der Waals surface area contributed by atoms with Crippen molar-refractivity contribution in [3.8, 4) is 5.75 Å². The monoisotopic (exact) mass is 468 g/mol. The van der Waals surface area contributed by atoms with Crippen LogP contribution in [-0.4, -0.2) is 56.9 Å². The first-order chi connectivity index (χ1) is 16.0. The van der Waals surface area contributed by atoms with Crippen molar-refractivity contribution < 1.29 is 19.8 Å². The molecular formula is C24H25ClN4O4. The van der Waals surface area contributed by atoms with Crippen LogP contribution in [0.15, 0.2) is 53.8 Å². The summed E-state index contributed by atoms with van der Waals surface area (Å²) >= 11 is 5.85. The molecule has 1 aliphatic heterocycles. The first kappa shape index (κ1) is 22.8. The number of halogens is 1. The van der Waals surface area contributed by atoms with Gasteiger partial charge in [-0.2, -0.15) is 5.10 Å². The van der Waals surface area contributed by atoms with Gasteiger partial charge in [0.05, 0.1) is 23.9 Å². The summed E-state index contributed by atoms with van der Waals surface area (Å²) in [7, 11) is 0. The molecule has 3 N–H and O–H groups in total. The number of rotatable bonds is 6. The van der Waals surface area contributed by atoms with Crippen LogP contribution in [0.1, 0.15) is 35.2 Å². The number of fused-ring (bicyclic) bond motifs is 1. The number of phenols is 1. The van der Waals surface area contributed by atoms with E-state index in [-0.39, 0.29) is 41.4 Å². The van der Waals surface area contributed by atoms with Gasteiger partial charge in [0.1, 0.15) is 12.3 Å². The number of aromatic nitrogens is 1. The Morgan fingerprint density at radius 3 is 2.85 bits per heavy atom. The number of piperidine rings is 1. The smallest absolute Gasteiger partial charge is 0.271 e. The fourth-order valence-corrected chi connectivity index (χ4v) is 4.31. The molecule has 1 unspecified atom stereocenters. The Kier molecular flexibility index (Phi) is 6.96. The van der Waals surface area contributed by atoms with Crippen LogP contribution in [0.4, 0.5) is 0 Å². The van der Waals surface area contributed by atoms with E-state index in [0.717, 1.165) is 35.7 Å². The summed E-state index contributed by atoms with van der Waals surface area (Å²) < 4.78 is 1.88. The number of carbonyl (C=O) groups excluding carboxylic acids is 2. The molecule has 33 heavy (non-hydrogen) atoms. The molecule has 1 atom stereocenters. The maximum Gasteiger partial charge on any atom is 0.271 e.